The number of carbonyl (C=O) groups is 1. The number of hydrogen-bond acceptors (Lipinski definition) is 6. The Bertz CT molecular complexity index is 1490. The zero-order valence-corrected chi connectivity index (χ0v) is 22.4. The fraction of sp³-hybridized carbons (Fsp3) is 0.407. The molecule has 2 aromatic carbocycles. The fourth-order valence-corrected chi connectivity index (χ4v) is 7.25. The molecular formula is C27H31N5O5S. The molecule has 3 aromatic rings. The van der Waals surface area contributed by atoms with E-state index in [0.717, 1.165) is 30.4 Å². The predicted molar refractivity (Wildman–Crippen MR) is 142 cm³/mol. The van der Waals surface area contributed by atoms with Crippen LogP contribution in [0.25, 0.3) is 11.3 Å². The lowest BCUT2D eigenvalue weighted by atomic mass is 9.78. The first-order valence-corrected chi connectivity index (χ1v) is 14.1. The van der Waals surface area contributed by atoms with Crippen LogP contribution >= 0.6 is 0 Å². The van der Waals surface area contributed by atoms with E-state index in [1.807, 2.05) is 30.9 Å². The van der Waals surface area contributed by atoms with Gasteiger partial charge >= 0.3 is 0 Å². The van der Waals surface area contributed by atoms with Gasteiger partial charge in [0.05, 0.1) is 15.5 Å². The molecule has 2 aliphatic rings. The molecule has 10 nitrogen and oxygen atoms in total. The number of nitro benzene ring substituents is 1. The molecule has 1 amide bonds. The number of benzene rings is 2. The number of sulfonamides is 1. The smallest absolute Gasteiger partial charge is 0.270 e. The van der Waals surface area contributed by atoms with Crippen molar-refractivity contribution < 1.29 is 18.1 Å². The van der Waals surface area contributed by atoms with Crippen molar-refractivity contribution >= 4 is 21.6 Å². The molecule has 1 spiro atoms. The lowest BCUT2D eigenvalue weighted by molar-refractivity contribution is -0.384. The van der Waals surface area contributed by atoms with Gasteiger partial charge in [-0.05, 0) is 61.8 Å². The minimum absolute atomic E-state index is 0.0108. The molecule has 2 aliphatic heterocycles. The molecule has 0 N–H and O–H groups in total. The van der Waals surface area contributed by atoms with Gasteiger partial charge in [-0.15, -0.1) is 0 Å². The second-order valence-corrected chi connectivity index (χ2v) is 12.4. The highest BCUT2D eigenvalue weighted by atomic mass is 32.2. The van der Waals surface area contributed by atoms with Crippen LogP contribution in [0.3, 0.4) is 0 Å². The Balaban J connectivity index is 1.20. The molecule has 11 heteroatoms. The van der Waals surface area contributed by atoms with Crippen molar-refractivity contribution in [2.45, 2.75) is 44.6 Å². The van der Waals surface area contributed by atoms with E-state index in [2.05, 4.69) is 5.10 Å². The van der Waals surface area contributed by atoms with Crippen LogP contribution in [0.1, 0.15) is 30.4 Å². The average molecular weight is 538 g/mol. The summed E-state index contributed by atoms with van der Waals surface area (Å²) in [6.07, 6.45) is 4.00. The van der Waals surface area contributed by atoms with Gasteiger partial charge in [-0.25, -0.2) is 8.42 Å². The van der Waals surface area contributed by atoms with Gasteiger partial charge in [-0.1, -0.05) is 24.3 Å². The summed E-state index contributed by atoms with van der Waals surface area (Å²) in [4.78, 5) is 25.9. The number of nitro groups is 1. The highest BCUT2D eigenvalue weighted by Crippen LogP contribution is 2.41. The number of nitrogens with zero attached hydrogens (tertiary/aromatic N) is 5. The minimum Gasteiger partial charge on any atom is -0.341 e. The fourth-order valence-electron chi connectivity index (χ4n) is 5.50. The summed E-state index contributed by atoms with van der Waals surface area (Å²) in [7, 11) is -3.56. The number of piperidine rings is 1. The van der Waals surface area contributed by atoms with Gasteiger partial charge in [0.15, 0.2) is 0 Å². The number of aryl methyl sites for hydroxylation is 2. The largest absolute Gasteiger partial charge is 0.341 e. The Hall–Kier alpha value is -3.57. The summed E-state index contributed by atoms with van der Waals surface area (Å²) in [5.74, 6) is -0.0407. The number of carbonyl (C=O) groups excluding carboxylic acids is 1. The third-order valence-electron chi connectivity index (χ3n) is 7.83. The van der Waals surface area contributed by atoms with Gasteiger partial charge < -0.3 is 4.90 Å². The van der Waals surface area contributed by atoms with E-state index >= 15 is 0 Å². The van der Waals surface area contributed by atoms with Crippen LogP contribution in [0.5, 0.6) is 0 Å². The molecule has 38 heavy (non-hydrogen) atoms. The summed E-state index contributed by atoms with van der Waals surface area (Å²) in [5, 5.41) is 15.5. The standard InChI is InChI=1S/C27H31N5O5S/c1-20-6-7-21(2)25(16-20)38(36,37)31-14-10-27(11-15-31)9-13-29(19-27)26(33)18-30-12-8-24(28-30)22-4-3-5-23(17-22)32(34)35/h3-8,12,16-17H,9-11,13-15,18-19H2,1-2H3. The van der Waals surface area contributed by atoms with Crippen molar-refractivity contribution in [1.82, 2.24) is 19.0 Å². The van der Waals surface area contributed by atoms with E-state index < -0.39 is 14.9 Å². The second-order valence-electron chi connectivity index (χ2n) is 10.4. The Kier molecular flexibility index (Phi) is 6.83. The van der Waals surface area contributed by atoms with Crippen LogP contribution in [0.15, 0.2) is 59.6 Å². The van der Waals surface area contributed by atoms with Gasteiger partial charge in [0, 0.05) is 50.1 Å². The molecule has 3 heterocycles. The lowest BCUT2D eigenvalue weighted by Crippen LogP contribution is -2.45. The number of likely N-dealkylation sites (tertiary alicyclic amines) is 1. The van der Waals surface area contributed by atoms with Crippen LogP contribution < -0.4 is 0 Å². The lowest BCUT2D eigenvalue weighted by Gasteiger charge is -2.38. The van der Waals surface area contributed by atoms with Crippen LogP contribution in [0.2, 0.25) is 0 Å². The molecule has 2 fully saturated rings. The Morgan fingerprint density at radius 3 is 2.53 bits per heavy atom. The molecule has 2 saturated heterocycles. The maximum atomic E-state index is 13.3. The molecule has 5 rings (SSSR count). The molecule has 0 aliphatic carbocycles. The van der Waals surface area contributed by atoms with Gasteiger partial charge in [0.2, 0.25) is 15.9 Å². The Labute approximate surface area is 222 Å². The quantitative estimate of drug-likeness (QED) is 0.349. The zero-order chi connectivity index (χ0) is 27.1. The summed E-state index contributed by atoms with van der Waals surface area (Å²) < 4.78 is 29.8. The molecular weight excluding hydrogens is 506 g/mol. The van der Waals surface area contributed by atoms with Gasteiger partial charge in [-0.3, -0.25) is 19.6 Å². The van der Waals surface area contributed by atoms with Crippen molar-refractivity contribution in [2.24, 2.45) is 5.41 Å². The average Bonchev–Trinajstić information content (AvgIpc) is 3.53. The molecule has 0 radical (unpaired) electrons. The summed E-state index contributed by atoms with van der Waals surface area (Å²) in [5.41, 5.74) is 2.78. The maximum Gasteiger partial charge on any atom is 0.270 e. The molecule has 200 valence electrons. The van der Waals surface area contributed by atoms with E-state index in [0.29, 0.717) is 42.3 Å². The van der Waals surface area contributed by atoms with Crippen LogP contribution in [0, 0.1) is 29.4 Å². The van der Waals surface area contributed by atoms with Crippen molar-refractivity contribution in [3.05, 3.63) is 76.0 Å². The molecule has 0 unspecified atom stereocenters. The first-order valence-electron chi connectivity index (χ1n) is 12.7. The van der Waals surface area contributed by atoms with E-state index in [-0.39, 0.29) is 23.6 Å². The number of rotatable bonds is 6. The molecule has 0 saturated carbocycles. The Morgan fingerprint density at radius 1 is 1.05 bits per heavy atom. The first kappa shape index (κ1) is 26.1. The predicted octanol–water partition coefficient (Wildman–Crippen LogP) is 3.78. The number of hydrogen-bond donors (Lipinski definition) is 0. The zero-order valence-electron chi connectivity index (χ0n) is 21.5. The van der Waals surface area contributed by atoms with Crippen LogP contribution in [0.4, 0.5) is 5.69 Å². The van der Waals surface area contributed by atoms with Gasteiger partial charge in [-0.2, -0.15) is 9.40 Å². The maximum absolute atomic E-state index is 13.3. The summed E-state index contributed by atoms with van der Waals surface area (Å²) in [6, 6.07) is 13.5. The normalized spacial score (nSPS) is 17.7. The number of non-ortho nitro benzene ring substituents is 1. The van der Waals surface area contributed by atoms with Crippen molar-refractivity contribution in [3.8, 4) is 11.3 Å². The van der Waals surface area contributed by atoms with E-state index in [4.69, 9.17) is 0 Å². The molecule has 0 atom stereocenters. The summed E-state index contributed by atoms with van der Waals surface area (Å²) in [6.45, 7) is 5.95. The molecule has 0 bridgehead atoms. The second kappa shape index (κ2) is 9.95. The summed E-state index contributed by atoms with van der Waals surface area (Å²) >= 11 is 0. The highest BCUT2D eigenvalue weighted by Gasteiger charge is 2.44. The topological polar surface area (TPSA) is 119 Å². The van der Waals surface area contributed by atoms with Crippen LogP contribution in [-0.2, 0) is 21.4 Å². The van der Waals surface area contributed by atoms with Crippen LogP contribution in [-0.4, -0.2) is 64.4 Å². The minimum atomic E-state index is -3.56. The van der Waals surface area contributed by atoms with E-state index in [1.165, 1.54) is 12.1 Å². The van der Waals surface area contributed by atoms with Gasteiger partial charge in [0.1, 0.15) is 6.54 Å². The van der Waals surface area contributed by atoms with Crippen molar-refractivity contribution in [3.63, 3.8) is 0 Å². The van der Waals surface area contributed by atoms with Gasteiger partial charge in [0.25, 0.3) is 5.69 Å². The van der Waals surface area contributed by atoms with Crippen molar-refractivity contribution in [1.29, 1.82) is 0 Å². The molecule has 1 aromatic heterocycles. The first-order chi connectivity index (χ1) is 18.1. The third-order valence-corrected chi connectivity index (χ3v) is 9.87. The van der Waals surface area contributed by atoms with E-state index in [9.17, 15) is 23.3 Å². The number of amides is 1. The SMILES string of the molecule is Cc1ccc(C)c(S(=O)(=O)N2CCC3(CCN(C(=O)Cn4ccc(-c5cccc([N+](=O)[O-])c5)n4)C3)CC2)c1. The highest BCUT2D eigenvalue weighted by molar-refractivity contribution is 7.89. The third kappa shape index (κ3) is 5.08. The number of aromatic nitrogens is 2. The van der Waals surface area contributed by atoms with E-state index in [1.54, 1.807) is 39.4 Å². The van der Waals surface area contributed by atoms with Crippen molar-refractivity contribution in [2.75, 3.05) is 26.2 Å². The monoisotopic (exact) mass is 537 g/mol. The Morgan fingerprint density at radius 2 is 1.79 bits per heavy atom.